The van der Waals surface area contributed by atoms with Crippen LogP contribution in [0.5, 0.6) is 0 Å². The fourth-order valence-corrected chi connectivity index (χ4v) is 3.43. The summed E-state index contributed by atoms with van der Waals surface area (Å²) in [6.45, 7) is 7.67. The summed E-state index contributed by atoms with van der Waals surface area (Å²) in [7, 11) is 0. The number of ether oxygens (including phenoxy) is 1. The van der Waals surface area contributed by atoms with Gasteiger partial charge in [0, 0.05) is 48.0 Å². The Morgan fingerprint density at radius 2 is 2.04 bits per heavy atom. The predicted octanol–water partition coefficient (Wildman–Crippen LogP) is 2.95. The molecule has 6 heteroatoms. The summed E-state index contributed by atoms with van der Waals surface area (Å²) in [5.74, 6) is 0.736. The molecule has 3 heterocycles. The molecule has 1 saturated heterocycles. The van der Waals surface area contributed by atoms with Crippen LogP contribution in [0, 0.1) is 13.8 Å². The first-order valence-corrected chi connectivity index (χ1v) is 9.26. The predicted molar refractivity (Wildman–Crippen MR) is 106 cm³/mol. The number of morpholine rings is 1. The van der Waals surface area contributed by atoms with E-state index < -0.39 is 0 Å². The maximum absolute atomic E-state index is 12.6. The Morgan fingerprint density at radius 3 is 2.85 bits per heavy atom. The lowest BCUT2D eigenvalue weighted by Crippen LogP contribution is -2.37. The molecule has 6 nitrogen and oxygen atoms in total. The number of aromatic nitrogens is 2. The largest absolute Gasteiger partial charge is 0.378 e. The van der Waals surface area contributed by atoms with Crippen LogP contribution in [0.2, 0.25) is 0 Å². The lowest BCUT2D eigenvalue weighted by atomic mass is 10.1. The van der Waals surface area contributed by atoms with Crippen molar-refractivity contribution in [2.45, 2.75) is 20.4 Å². The summed E-state index contributed by atoms with van der Waals surface area (Å²) in [5, 5.41) is 4.22. The maximum atomic E-state index is 12.6. The van der Waals surface area contributed by atoms with E-state index in [2.05, 4.69) is 46.2 Å². The van der Waals surface area contributed by atoms with Gasteiger partial charge in [0.15, 0.2) is 0 Å². The van der Waals surface area contributed by atoms with E-state index >= 15 is 0 Å². The zero-order valence-corrected chi connectivity index (χ0v) is 15.7. The van der Waals surface area contributed by atoms with E-state index in [4.69, 9.17) is 4.74 Å². The Bertz CT molecular complexity index is 973. The van der Waals surface area contributed by atoms with Crippen molar-refractivity contribution in [2.75, 3.05) is 31.2 Å². The zero-order chi connectivity index (χ0) is 18.8. The van der Waals surface area contributed by atoms with Gasteiger partial charge in [-0.3, -0.25) is 4.79 Å². The Labute approximate surface area is 158 Å². The highest BCUT2D eigenvalue weighted by molar-refractivity contribution is 5.95. The topological polar surface area (TPSA) is 70.2 Å². The number of rotatable bonds is 4. The highest BCUT2D eigenvalue weighted by Crippen LogP contribution is 2.22. The molecule has 0 radical (unpaired) electrons. The number of carbonyl (C=O) groups excluding carboxylic acids is 1. The van der Waals surface area contributed by atoms with Gasteiger partial charge in [-0.15, -0.1) is 0 Å². The van der Waals surface area contributed by atoms with Crippen molar-refractivity contribution in [3.05, 3.63) is 58.9 Å². The minimum absolute atomic E-state index is 0.0889. The monoisotopic (exact) mass is 364 g/mol. The Hall–Kier alpha value is -2.86. The minimum atomic E-state index is -0.0889. The number of aromatic amines is 1. The summed E-state index contributed by atoms with van der Waals surface area (Å²) in [4.78, 5) is 22.5. The third kappa shape index (κ3) is 3.66. The molecule has 0 bridgehead atoms. The molecular weight excluding hydrogens is 340 g/mol. The number of benzene rings is 1. The number of fused-ring (bicyclic) bond motifs is 1. The molecule has 0 aliphatic carbocycles. The number of aryl methyl sites for hydroxylation is 2. The van der Waals surface area contributed by atoms with Gasteiger partial charge in [-0.25, -0.2) is 4.98 Å². The fourth-order valence-electron chi connectivity index (χ4n) is 3.43. The Morgan fingerprint density at radius 1 is 1.22 bits per heavy atom. The summed E-state index contributed by atoms with van der Waals surface area (Å²) in [5.41, 5.74) is 5.27. The van der Waals surface area contributed by atoms with Crippen molar-refractivity contribution in [1.82, 2.24) is 15.3 Å². The number of pyridine rings is 1. The van der Waals surface area contributed by atoms with Crippen molar-refractivity contribution < 1.29 is 9.53 Å². The Kier molecular flexibility index (Phi) is 4.81. The molecule has 1 aliphatic heterocycles. The molecule has 1 aromatic carbocycles. The van der Waals surface area contributed by atoms with Crippen LogP contribution in [0.4, 0.5) is 5.82 Å². The minimum Gasteiger partial charge on any atom is -0.378 e. The van der Waals surface area contributed by atoms with Gasteiger partial charge in [-0.1, -0.05) is 6.07 Å². The lowest BCUT2D eigenvalue weighted by molar-refractivity contribution is 0.0951. The van der Waals surface area contributed by atoms with Crippen LogP contribution in [0.25, 0.3) is 10.9 Å². The second kappa shape index (κ2) is 7.40. The molecule has 1 fully saturated rings. The van der Waals surface area contributed by atoms with E-state index in [0.717, 1.165) is 30.0 Å². The zero-order valence-electron chi connectivity index (χ0n) is 15.7. The van der Waals surface area contributed by atoms with Crippen LogP contribution >= 0.6 is 0 Å². The summed E-state index contributed by atoms with van der Waals surface area (Å²) < 4.78 is 5.38. The van der Waals surface area contributed by atoms with Gasteiger partial charge in [0.1, 0.15) is 5.82 Å². The van der Waals surface area contributed by atoms with Gasteiger partial charge >= 0.3 is 0 Å². The number of nitrogens with one attached hydrogen (secondary N) is 2. The van der Waals surface area contributed by atoms with Crippen LogP contribution in [0.15, 0.2) is 36.5 Å². The number of anilines is 1. The number of H-pyrrole nitrogens is 1. The van der Waals surface area contributed by atoms with E-state index in [1.165, 1.54) is 16.6 Å². The average Bonchev–Trinajstić information content (AvgIpc) is 3.00. The van der Waals surface area contributed by atoms with E-state index in [1.807, 2.05) is 12.1 Å². The molecular formula is C21H24N4O2. The number of hydrogen-bond acceptors (Lipinski definition) is 4. The molecule has 0 atom stereocenters. The summed E-state index contributed by atoms with van der Waals surface area (Å²) in [6, 6.07) is 9.86. The summed E-state index contributed by atoms with van der Waals surface area (Å²) >= 11 is 0. The third-order valence-electron chi connectivity index (χ3n) is 5.17. The Balaban J connectivity index is 1.45. The van der Waals surface area contributed by atoms with Gasteiger partial charge in [-0.05, 0) is 49.2 Å². The number of amides is 1. The van der Waals surface area contributed by atoms with Crippen LogP contribution in [0.1, 0.15) is 27.2 Å². The molecule has 27 heavy (non-hydrogen) atoms. The molecule has 0 unspecified atom stereocenters. The van der Waals surface area contributed by atoms with Crippen molar-refractivity contribution in [3.8, 4) is 0 Å². The molecule has 1 aliphatic rings. The highest BCUT2D eigenvalue weighted by atomic mass is 16.5. The second-order valence-corrected chi connectivity index (χ2v) is 6.94. The van der Waals surface area contributed by atoms with Crippen LogP contribution in [-0.4, -0.2) is 42.2 Å². The average molecular weight is 364 g/mol. The van der Waals surface area contributed by atoms with Crippen LogP contribution in [-0.2, 0) is 11.3 Å². The van der Waals surface area contributed by atoms with Gasteiger partial charge in [0.25, 0.3) is 5.91 Å². The van der Waals surface area contributed by atoms with Crippen LogP contribution in [0.3, 0.4) is 0 Å². The molecule has 140 valence electrons. The second-order valence-electron chi connectivity index (χ2n) is 6.94. The molecule has 0 spiro atoms. The van der Waals surface area contributed by atoms with Gasteiger partial charge in [-0.2, -0.15) is 0 Å². The number of nitrogens with zero attached hydrogens (tertiary/aromatic N) is 2. The van der Waals surface area contributed by atoms with Gasteiger partial charge < -0.3 is 19.9 Å². The summed E-state index contributed by atoms with van der Waals surface area (Å²) in [6.07, 6.45) is 1.69. The standard InChI is InChI=1S/C21H24N4O2/c1-14-15(2)24-19-4-3-16(11-18(14)19)13-23-21(26)17-5-6-22-20(12-17)25-7-9-27-10-8-25/h3-6,11-12,24H,7-10,13H2,1-2H3,(H,23,26). The smallest absolute Gasteiger partial charge is 0.251 e. The fraction of sp³-hybridized carbons (Fsp3) is 0.333. The first-order valence-electron chi connectivity index (χ1n) is 9.26. The van der Waals surface area contributed by atoms with E-state index in [-0.39, 0.29) is 5.91 Å². The van der Waals surface area contributed by atoms with Crippen molar-refractivity contribution in [3.63, 3.8) is 0 Å². The number of carbonyl (C=O) groups is 1. The van der Waals surface area contributed by atoms with Crippen molar-refractivity contribution in [2.24, 2.45) is 0 Å². The van der Waals surface area contributed by atoms with Crippen molar-refractivity contribution in [1.29, 1.82) is 0 Å². The van der Waals surface area contributed by atoms with Gasteiger partial charge in [0.05, 0.1) is 13.2 Å². The quantitative estimate of drug-likeness (QED) is 0.747. The SMILES string of the molecule is Cc1[nH]c2ccc(CNC(=O)c3ccnc(N4CCOCC4)c3)cc2c1C. The van der Waals surface area contributed by atoms with E-state index in [0.29, 0.717) is 25.3 Å². The molecule has 4 rings (SSSR count). The van der Waals surface area contributed by atoms with Crippen molar-refractivity contribution >= 4 is 22.6 Å². The molecule has 0 saturated carbocycles. The first-order chi connectivity index (χ1) is 13.1. The van der Waals surface area contributed by atoms with E-state index in [1.54, 1.807) is 12.3 Å². The molecule has 2 N–H and O–H groups in total. The lowest BCUT2D eigenvalue weighted by Gasteiger charge is -2.27. The van der Waals surface area contributed by atoms with E-state index in [9.17, 15) is 4.79 Å². The third-order valence-corrected chi connectivity index (χ3v) is 5.17. The van der Waals surface area contributed by atoms with Crippen LogP contribution < -0.4 is 10.2 Å². The number of hydrogen-bond donors (Lipinski definition) is 2. The maximum Gasteiger partial charge on any atom is 0.251 e. The normalized spacial score (nSPS) is 14.5. The molecule has 2 aromatic heterocycles. The first kappa shape index (κ1) is 17.5. The highest BCUT2D eigenvalue weighted by Gasteiger charge is 2.14. The molecule has 1 amide bonds. The molecule has 3 aromatic rings. The van der Waals surface area contributed by atoms with Gasteiger partial charge in [0.2, 0.25) is 0 Å².